The minimum absolute atomic E-state index is 0.0657. The topological polar surface area (TPSA) is 79.7 Å². The fraction of sp³-hybridized carbons (Fsp3) is 0.250. The zero-order valence-corrected chi connectivity index (χ0v) is 21.5. The van der Waals surface area contributed by atoms with Crippen LogP contribution in [0.25, 0.3) is 5.76 Å². The van der Waals surface area contributed by atoms with Gasteiger partial charge in [-0.05, 0) is 65.9 Å². The number of likely N-dealkylation sites (tertiary alicyclic amines) is 1. The first kappa shape index (κ1) is 24.7. The first-order valence-electron chi connectivity index (χ1n) is 11.4. The Morgan fingerprint density at radius 1 is 1.14 bits per heavy atom. The van der Waals surface area contributed by atoms with Gasteiger partial charge in [-0.3, -0.25) is 14.6 Å². The van der Waals surface area contributed by atoms with E-state index in [1.54, 1.807) is 30.6 Å². The molecule has 1 aromatic heterocycles. The number of amides is 1. The summed E-state index contributed by atoms with van der Waals surface area (Å²) < 4.78 is 6.61. The van der Waals surface area contributed by atoms with Gasteiger partial charge in [-0.25, -0.2) is 0 Å². The predicted octanol–water partition coefficient (Wildman–Crippen LogP) is 5.81. The average molecular weight is 535 g/mol. The molecular formula is C28H27BrN2O4. The lowest BCUT2D eigenvalue weighted by Gasteiger charge is -2.25. The van der Waals surface area contributed by atoms with E-state index in [9.17, 15) is 14.7 Å². The lowest BCUT2D eigenvalue weighted by Crippen LogP contribution is -2.29. The Hall–Kier alpha value is -3.45. The molecule has 0 radical (unpaired) electrons. The Labute approximate surface area is 213 Å². The molecule has 4 rings (SSSR count). The summed E-state index contributed by atoms with van der Waals surface area (Å²) in [7, 11) is 0. The summed E-state index contributed by atoms with van der Waals surface area (Å²) in [4.78, 5) is 32.1. The van der Waals surface area contributed by atoms with Gasteiger partial charge in [0.05, 0.1) is 18.2 Å². The van der Waals surface area contributed by atoms with Crippen LogP contribution >= 0.6 is 15.9 Å². The van der Waals surface area contributed by atoms with Crippen LogP contribution in [0.15, 0.2) is 77.0 Å². The number of aromatic nitrogens is 1. The molecule has 2 aromatic carbocycles. The number of halogens is 1. The molecule has 1 aliphatic rings. The van der Waals surface area contributed by atoms with Gasteiger partial charge >= 0.3 is 0 Å². The van der Waals surface area contributed by atoms with E-state index in [4.69, 9.17) is 4.74 Å². The number of ether oxygens (including phenoxy) is 1. The summed E-state index contributed by atoms with van der Waals surface area (Å²) >= 11 is 3.48. The molecule has 3 aromatic rings. The zero-order valence-electron chi connectivity index (χ0n) is 19.9. The van der Waals surface area contributed by atoms with Crippen molar-refractivity contribution in [3.63, 3.8) is 0 Å². The fourth-order valence-electron chi connectivity index (χ4n) is 4.15. The van der Waals surface area contributed by atoms with Crippen molar-refractivity contribution in [3.05, 3.63) is 99.3 Å². The largest absolute Gasteiger partial charge is 0.507 e. The lowest BCUT2D eigenvalue weighted by molar-refractivity contribution is -0.140. The Kier molecular flexibility index (Phi) is 7.36. The molecule has 7 heteroatoms. The predicted molar refractivity (Wildman–Crippen MR) is 138 cm³/mol. The highest BCUT2D eigenvalue weighted by atomic mass is 79.9. The van der Waals surface area contributed by atoms with Crippen molar-refractivity contribution in [2.45, 2.75) is 33.4 Å². The van der Waals surface area contributed by atoms with Gasteiger partial charge in [0.2, 0.25) is 0 Å². The number of aliphatic hydroxyl groups excluding tert-OH is 1. The highest BCUT2D eigenvalue weighted by Crippen LogP contribution is 2.41. The molecule has 1 aliphatic heterocycles. The number of aryl methyl sites for hydroxylation is 1. The van der Waals surface area contributed by atoms with E-state index in [1.807, 2.05) is 43.3 Å². The minimum Gasteiger partial charge on any atom is -0.507 e. The highest BCUT2D eigenvalue weighted by Gasteiger charge is 2.46. The molecule has 35 heavy (non-hydrogen) atoms. The van der Waals surface area contributed by atoms with Crippen molar-refractivity contribution >= 4 is 33.4 Å². The fourth-order valence-corrected chi connectivity index (χ4v) is 4.57. The molecule has 1 atom stereocenters. The van der Waals surface area contributed by atoms with Crippen molar-refractivity contribution in [2.24, 2.45) is 5.92 Å². The number of hydrogen-bond donors (Lipinski definition) is 1. The van der Waals surface area contributed by atoms with Crippen LogP contribution in [0.5, 0.6) is 5.75 Å². The van der Waals surface area contributed by atoms with Crippen molar-refractivity contribution in [1.29, 1.82) is 0 Å². The van der Waals surface area contributed by atoms with E-state index in [-0.39, 0.29) is 17.9 Å². The van der Waals surface area contributed by atoms with E-state index in [0.717, 1.165) is 21.2 Å². The van der Waals surface area contributed by atoms with Gasteiger partial charge in [0.1, 0.15) is 11.5 Å². The van der Waals surface area contributed by atoms with Crippen molar-refractivity contribution in [1.82, 2.24) is 9.88 Å². The third-order valence-electron chi connectivity index (χ3n) is 5.82. The number of carbonyl (C=O) groups is 2. The molecule has 6 nitrogen and oxygen atoms in total. The van der Waals surface area contributed by atoms with Gasteiger partial charge in [-0.1, -0.05) is 48.0 Å². The van der Waals surface area contributed by atoms with Gasteiger partial charge in [-0.15, -0.1) is 0 Å². The van der Waals surface area contributed by atoms with Crippen LogP contribution in [0.3, 0.4) is 0 Å². The number of aliphatic hydroxyl groups is 1. The van der Waals surface area contributed by atoms with Crippen LogP contribution in [0, 0.1) is 12.8 Å². The second kappa shape index (κ2) is 10.4. The standard InChI is InChI=1S/C28H27BrN2O4/c1-17(2)16-35-22-9-10-23(18(3)12-22)26(32)24-25(20-7-4-8-21(29)13-20)31(28(34)27(24)33)15-19-6-5-11-30-14-19/h4-14,17,25,32H,15-16H2,1-3H3/t25-/m0/s1. The first-order valence-corrected chi connectivity index (χ1v) is 12.2. The summed E-state index contributed by atoms with van der Waals surface area (Å²) in [6.45, 7) is 6.75. The van der Waals surface area contributed by atoms with Gasteiger partial charge in [-0.2, -0.15) is 0 Å². The zero-order chi connectivity index (χ0) is 25.1. The molecule has 1 N–H and O–H groups in total. The third-order valence-corrected chi connectivity index (χ3v) is 6.31. The van der Waals surface area contributed by atoms with Gasteiger partial charge in [0.25, 0.3) is 11.7 Å². The molecule has 1 saturated heterocycles. The number of benzene rings is 2. The summed E-state index contributed by atoms with van der Waals surface area (Å²) in [6, 6.07) is 15.6. The minimum atomic E-state index is -0.746. The van der Waals surface area contributed by atoms with E-state index in [1.165, 1.54) is 4.90 Å². The summed E-state index contributed by atoms with van der Waals surface area (Å²) in [5.74, 6) is -0.501. The molecule has 0 aliphatic carbocycles. The van der Waals surface area contributed by atoms with E-state index in [2.05, 4.69) is 34.8 Å². The highest BCUT2D eigenvalue weighted by molar-refractivity contribution is 9.10. The molecule has 0 spiro atoms. The lowest BCUT2D eigenvalue weighted by atomic mass is 9.94. The number of hydrogen-bond acceptors (Lipinski definition) is 5. The maximum Gasteiger partial charge on any atom is 0.295 e. The molecular weight excluding hydrogens is 508 g/mol. The maximum atomic E-state index is 13.3. The molecule has 0 bridgehead atoms. The molecule has 0 unspecified atom stereocenters. The van der Waals surface area contributed by atoms with E-state index in [0.29, 0.717) is 23.8 Å². The van der Waals surface area contributed by atoms with Crippen LogP contribution in [0.1, 0.15) is 42.1 Å². The Morgan fingerprint density at radius 3 is 2.60 bits per heavy atom. The molecule has 1 fully saturated rings. The number of Topliss-reactive ketones (excluding diaryl/α,β-unsaturated/α-hetero) is 1. The molecule has 1 amide bonds. The summed E-state index contributed by atoms with van der Waals surface area (Å²) in [5, 5.41) is 11.4. The first-order chi connectivity index (χ1) is 16.8. The number of carbonyl (C=O) groups excluding carboxylic acids is 2. The quantitative estimate of drug-likeness (QED) is 0.235. The number of pyridine rings is 1. The number of rotatable bonds is 7. The van der Waals surface area contributed by atoms with Gasteiger partial charge < -0.3 is 14.7 Å². The van der Waals surface area contributed by atoms with Crippen LogP contribution in [-0.2, 0) is 16.1 Å². The van der Waals surface area contributed by atoms with Crippen molar-refractivity contribution < 1.29 is 19.4 Å². The molecule has 0 saturated carbocycles. The average Bonchev–Trinajstić information content (AvgIpc) is 3.08. The monoisotopic (exact) mass is 534 g/mol. The molecule has 2 heterocycles. The second-order valence-corrected chi connectivity index (χ2v) is 9.94. The Morgan fingerprint density at radius 2 is 1.94 bits per heavy atom. The maximum absolute atomic E-state index is 13.3. The summed E-state index contributed by atoms with van der Waals surface area (Å²) in [5.41, 5.74) is 2.81. The summed E-state index contributed by atoms with van der Waals surface area (Å²) in [6.07, 6.45) is 3.32. The van der Waals surface area contributed by atoms with E-state index >= 15 is 0 Å². The van der Waals surface area contributed by atoms with Crippen LogP contribution in [0.2, 0.25) is 0 Å². The van der Waals surface area contributed by atoms with Crippen LogP contribution in [0.4, 0.5) is 0 Å². The van der Waals surface area contributed by atoms with Crippen molar-refractivity contribution in [3.8, 4) is 5.75 Å². The third kappa shape index (κ3) is 5.30. The number of ketones is 1. The van der Waals surface area contributed by atoms with E-state index < -0.39 is 17.7 Å². The van der Waals surface area contributed by atoms with Gasteiger partial charge in [0, 0.05) is 29.0 Å². The number of nitrogens with zero attached hydrogens (tertiary/aromatic N) is 2. The van der Waals surface area contributed by atoms with Crippen LogP contribution in [-0.4, -0.2) is 33.3 Å². The molecule has 180 valence electrons. The van der Waals surface area contributed by atoms with Crippen molar-refractivity contribution in [2.75, 3.05) is 6.61 Å². The normalized spacial score (nSPS) is 17.3. The van der Waals surface area contributed by atoms with Crippen LogP contribution < -0.4 is 4.74 Å². The second-order valence-electron chi connectivity index (χ2n) is 9.02. The van der Waals surface area contributed by atoms with Gasteiger partial charge in [0.15, 0.2) is 0 Å². The Bertz CT molecular complexity index is 1290. The smallest absolute Gasteiger partial charge is 0.295 e. The Balaban J connectivity index is 1.80. The SMILES string of the molecule is Cc1cc(OCC(C)C)ccc1C(O)=C1C(=O)C(=O)N(Cc2cccnc2)[C@H]1c1cccc(Br)c1.